The molecule has 0 unspecified atom stereocenters. The Balaban J connectivity index is 1.50. The fourth-order valence-electron chi connectivity index (χ4n) is 3.52. The third kappa shape index (κ3) is 6.66. The van der Waals surface area contributed by atoms with Gasteiger partial charge in [0.15, 0.2) is 0 Å². The number of hydrogen-bond donors (Lipinski definition) is 2. The van der Waals surface area contributed by atoms with Gasteiger partial charge in [0.05, 0.1) is 19.2 Å². The highest BCUT2D eigenvalue weighted by Crippen LogP contribution is 2.19. The molecule has 3 rings (SSSR count). The summed E-state index contributed by atoms with van der Waals surface area (Å²) in [6.07, 6.45) is 2.28. The van der Waals surface area contributed by atoms with E-state index in [9.17, 15) is 9.59 Å². The predicted octanol–water partition coefficient (Wildman–Crippen LogP) is 3.10. The van der Waals surface area contributed by atoms with Gasteiger partial charge in [-0.05, 0) is 49.3 Å². The molecule has 6 nitrogen and oxygen atoms in total. The number of aryl methyl sites for hydroxylation is 2. The van der Waals surface area contributed by atoms with Gasteiger partial charge in [-0.15, -0.1) is 11.3 Å². The largest absolute Gasteiger partial charge is 0.377 e. The summed E-state index contributed by atoms with van der Waals surface area (Å²) in [5, 5.41) is 7.68. The molecule has 0 saturated carbocycles. The number of anilines is 1. The van der Waals surface area contributed by atoms with Crippen molar-refractivity contribution >= 4 is 28.8 Å². The summed E-state index contributed by atoms with van der Waals surface area (Å²) < 4.78 is 5.74. The van der Waals surface area contributed by atoms with Crippen LogP contribution in [0.15, 0.2) is 35.7 Å². The Morgan fingerprint density at radius 2 is 1.97 bits per heavy atom. The van der Waals surface area contributed by atoms with E-state index in [2.05, 4.69) is 21.6 Å². The maximum Gasteiger partial charge on any atom is 0.243 e. The number of thiophene rings is 1. The van der Waals surface area contributed by atoms with Gasteiger partial charge >= 0.3 is 0 Å². The van der Waals surface area contributed by atoms with E-state index in [1.807, 2.05) is 43.5 Å². The highest BCUT2D eigenvalue weighted by Gasteiger charge is 2.21. The summed E-state index contributed by atoms with van der Waals surface area (Å²) in [6, 6.07) is 9.95. The Morgan fingerprint density at radius 3 is 2.62 bits per heavy atom. The molecule has 156 valence electrons. The summed E-state index contributed by atoms with van der Waals surface area (Å²) in [6.45, 7) is 6.33. The molecule has 1 atom stereocenters. The number of hydrogen-bond acceptors (Lipinski definition) is 5. The molecule has 2 N–H and O–H groups in total. The van der Waals surface area contributed by atoms with Crippen molar-refractivity contribution in [3.63, 3.8) is 0 Å². The minimum absolute atomic E-state index is 0.0423. The van der Waals surface area contributed by atoms with Crippen LogP contribution in [0.4, 0.5) is 5.69 Å². The van der Waals surface area contributed by atoms with Gasteiger partial charge in [-0.2, -0.15) is 0 Å². The molecular formula is C22H29N3O3S. The summed E-state index contributed by atoms with van der Waals surface area (Å²) in [7, 11) is 0. The first-order chi connectivity index (χ1) is 14.0. The fraction of sp³-hybridized carbons (Fsp3) is 0.455. The molecule has 0 radical (unpaired) electrons. The van der Waals surface area contributed by atoms with Crippen LogP contribution in [-0.4, -0.2) is 49.1 Å². The Kier molecular flexibility index (Phi) is 7.80. The average molecular weight is 416 g/mol. The van der Waals surface area contributed by atoms with Crippen LogP contribution in [0.5, 0.6) is 0 Å². The summed E-state index contributed by atoms with van der Waals surface area (Å²) in [5.41, 5.74) is 2.82. The quantitative estimate of drug-likeness (QED) is 0.660. The minimum atomic E-state index is -0.223. The zero-order valence-corrected chi connectivity index (χ0v) is 17.9. The van der Waals surface area contributed by atoms with E-state index in [0.29, 0.717) is 6.54 Å². The minimum Gasteiger partial charge on any atom is -0.377 e. The predicted molar refractivity (Wildman–Crippen MR) is 116 cm³/mol. The van der Waals surface area contributed by atoms with Gasteiger partial charge in [0.25, 0.3) is 0 Å². The molecule has 1 aromatic heterocycles. The van der Waals surface area contributed by atoms with Crippen molar-refractivity contribution in [1.29, 1.82) is 0 Å². The molecule has 1 aromatic carbocycles. The molecule has 0 bridgehead atoms. The van der Waals surface area contributed by atoms with Crippen molar-refractivity contribution in [3.05, 3.63) is 51.7 Å². The van der Waals surface area contributed by atoms with Crippen molar-refractivity contribution in [2.24, 2.45) is 0 Å². The molecule has 1 aliphatic rings. The molecule has 1 fully saturated rings. The average Bonchev–Trinajstić information content (AvgIpc) is 3.37. The number of ether oxygens (including phenoxy) is 1. The molecule has 2 amide bonds. The number of carbonyl (C=O) groups is 2. The summed E-state index contributed by atoms with van der Waals surface area (Å²) in [4.78, 5) is 28.1. The van der Waals surface area contributed by atoms with Gasteiger partial charge in [0.1, 0.15) is 0 Å². The molecule has 29 heavy (non-hydrogen) atoms. The maximum absolute atomic E-state index is 12.5. The highest BCUT2D eigenvalue weighted by molar-refractivity contribution is 7.09. The van der Waals surface area contributed by atoms with E-state index in [1.165, 1.54) is 4.88 Å². The molecule has 1 aliphatic heterocycles. The molecule has 0 aliphatic carbocycles. The Labute approximate surface area is 176 Å². The number of nitrogens with one attached hydrogen (secondary N) is 2. The number of carbonyl (C=O) groups excluding carboxylic acids is 2. The van der Waals surface area contributed by atoms with Crippen LogP contribution in [0, 0.1) is 13.8 Å². The van der Waals surface area contributed by atoms with Gasteiger partial charge in [-0.3, -0.25) is 14.5 Å². The Hall–Kier alpha value is -2.22. The van der Waals surface area contributed by atoms with Crippen LogP contribution in [0.1, 0.15) is 28.8 Å². The zero-order chi connectivity index (χ0) is 20.6. The van der Waals surface area contributed by atoms with Crippen molar-refractivity contribution in [2.75, 3.05) is 31.6 Å². The van der Waals surface area contributed by atoms with Crippen molar-refractivity contribution in [3.8, 4) is 0 Å². The lowest BCUT2D eigenvalue weighted by Gasteiger charge is -2.24. The number of nitrogens with zero attached hydrogens (tertiary/aromatic N) is 1. The highest BCUT2D eigenvalue weighted by atomic mass is 32.1. The molecule has 1 saturated heterocycles. The van der Waals surface area contributed by atoms with Crippen molar-refractivity contribution in [2.45, 2.75) is 39.3 Å². The summed E-state index contributed by atoms with van der Waals surface area (Å²) >= 11 is 1.68. The molecule has 7 heteroatoms. The second kappa shape index (κ2) is 10.5. The van der Waals surface area contributed by atoms with Gasteiger partial charge < -0.3 is 15.4 Å². The van der Waals surface area contributed by atoms with E-state index in [0.717, 1.165) is 42.8 Å². The van der Waals surface area contributed by atoms with Crippen LogP contribution in [-0.2, 0) is 20.9 Å². The lowest BCUT2D eigenvalue weighted by molar-refractivity contribution is -0.125. The van der Waals surface area contributed by atoms with Crippen molar-refractivity contribution < 1.29 is 14.3 Å². The van der Waals surface area contributed by atoms with Gasteiger partial charge in [0, 0.05) is 30.3 Å². The standard InChI is InChI=1S/C22H29N3O3S/c1-16-6-3-7-17(2)22(16)24-20(26)12-23-21(27)15-25(13-18-8-4-10-28-18)14-19-9-5-11-29-19/h3,5-7,9,11,18H,4,8,10,12-15H2,1-2H3,(H,23,27)(H,24,26)/t18-/m0/s1. The van der Waals surface area contributed by atoms with Gasteiger partial charge in [0.2, 0.25) is 11.8 Å². The van der Waals surface area contributed by atoms with E-state index in [1.54, 1.807) is 11.3 Å². The maximum atomic E-state index is 12.5. The zero-order valence-electron chi connectivity index (χ0n) is 17.1. The lowest BCUT2D eigenvalue weighted by Crippen LogP contribution is -2.42. The van der Waals surface area contributed by atoms with E-state index < -0.39 is 0 Å². The first-order valence-electron chi connectivity index (χ1n) is 10.0. The number of amides is 2. The molecule has 0 spiro atoms. The second-order valence-electron chi connectivity index (χ2n) is 7.48. The van der Waals surface area contributed by atoms with E-state index in [4.69, 9.17) is 4.74 Å². The van der Waals surface area contributed by atoms with Crippen molar-refractivity contribution in [1.82, 2.24) is 10.2 Å². The molecular weight excluding hydrogens is 386 g/mol. The Morgan fingerprint density at radius 1 is 1.17 bits per heavy atom. The molecule has 2 heterocycles. The smallest absolute Gasteiger partial charge is 0.243 e. The SMILES string of the molecule is Cc1cccc(C)c1NC(=O)CNC(=O)CN(Cc1cccs1)C[C@@H]1CCCO1. The topological polar surface area (TPSA) is 70.7 Å². The number of rotatable bonds is 9. The summed E-state index contributed by atoms with van der Waals surface area (Å²) in [5.74, 6) is -0.379. The first kappa shape index (κ1) is 21.5. The lowest BCUT2D eigenvalue weighted by atomic mass is 10.1. The van der Waals surface area contributed by atoms with Gasteiger partial charge in [-0.1, -0.05) is 24.3 Å². The second-order valence-corrected chi connectivity index (χ2v) is 8.51. The van der Waals surface area contributed by atoms with Crippen LogP contribution < -0.4 is 10.6 Å². The monoisotopic (exact) mass is 415 g/mol. The van der Waals surface area contributed by atoms with Gasteiger partial charge in [-0.25, -0.2) is 0 Å². The third-order valence-electron chi connectivity index (χ3n) is 5.00. The third-order valence-corrected chi connectivity index (χ3v) is 5.87. The van der Waals surface area contributed by atoms with Crippen LogP contribution in [0.25, 0.3) is 0 Å². The van der Waals surface area contributed by atoms with Crippen LogP contribution in [0.3, 0.4) is 0 Å². The van der Waals surface area contributed by atoms with Crippen LogP contribution >= 0.6 is 11.3 Å². The number of para-hydroxylation sites is 1. The van der Waals surface area contributed by atoms with E-state index in [-0.39, 0.29) is 31.0 Å². The van der Waals surface area contributed by atoms with Crippen LogP contribution in [0.2, 0.25) is 0 Å². The van der Waals surface area contributed by atoms with E-state index >= 15 is 0 Å². The Bertz CT molecular complexity index is 796. The number of benzene rings is 1. The fourth-order valence-corrected chi connectivity index (χ4v) is 4.26. The normalized spacial score (nSPS) is 16.2. The first-order valence-corrected chi connectivity index (χ1v) is 10.9. The molecule has 2 aromatic rings.